The van der Waals surface area contributed by atoms with Crippen molar-refractivity contribution in [2.75, 3.05) is 13.2 Å². The Morgan fingerprint density at radius 3 is 2.79 bits per heavy atom. The van der Waals surface area contributed by atoms with Crippen molar-refractivity contribution in [1.29, 1.82) is 0 Å². The molecule has 0 spiro atoms. The van der Waals surface area contributed by atoms with Crippen molar-refractivity contribution in [3.05, 3.63) is 10.0 Å². The zero-order valence-electron chi connectivity index (χ0n) is 11.6. The van der Waals surface area contributed by atoms with Gasteiger partial charge in [-0.15, -0.1) is 21.5 Å². The molecule has 0 radical (unpaired) electrons. The van der Waals surface area contributed by atoms with Gasteiger partial charge in [0.2, 0.25) is 0 Å². The Morgan fingerprint density at radius 2 is 2.05 bits per heavy atom. The third-order valence-corrected chi connectivity index (χ3v) is 4.92. The molecule has 1 heterocycles. The molecule has 0 aromatic carbocycles. The second-order valence-corrected chi connectivity index (χ2v) is 6.83. The summed E-state index contributed by atoms with van der Waals surface area (Å²) < 4.78 is 5.59. The molecule has 2 saturated carbocycles. The summed E-state index contributed by atoms with van der Waals surface area (Å²) in [5, 5.41) is 14.5. The third kappa shape index (κ3) is 3.97. The molecule has 3 rings (SSSR count). The molecule has 2 fully saturated rings. The van der Waals surface area contributed by atoms with Gasteiger partial charge in [0.1, 0.15) is 10.0 Å². The molecule has 0 bridgehead atoms. The van der Waals surface area contributed by atoms with Crippen LogP contribution in [0.2, 0.25) is 0 Å². The minimum atomic E-state index is 0.505. The standard InChI is InChI=1S/C14H23N3OS/c1-2-18-12-7-10(8-12)9-14-17-16-13(19-14)5-6-15-11-3-4-11/h10-12,15H,2-9H2,1H3. The van der Waals surface area contributed by atoms with Crippen LogP contribution in [0.25, 0.3) is 0 Å². The van der Waals surface area contributed by atoms with Crippen molar-refractivity contribution in [3.63, 3.8) is 0 Å². The van der Waals surface area contributed by atoms with Crippen LogP contribution in [0.1, 0.15) is 42.6 Å². The van der Waals surface area contributed by atoms with Crippen LogP contribution < -0.4 is 5.32 Å². The summed E-state index contributed by atoms with van der Waals surface area (Å²) in [7, 11) is 0. The SMILES string of the molecule is CCOC1CC(Cc2nnc(CCNC3CC3)s2)C1. The Labute approximate surface area is 119 Å². The monoisotopic (exact) mass is 281 g/mol. The van der Waals surface area contributed by atoms with E-state index in [9.17, 15) is 0 Å². The summed E-state index contributed by atoms with van der Waals surface area (Å²) >= 11 is 1.79. The second-order valence-electron chi connectivity index (χ2n) is 5.69. The van der Waals surface area contributed by atoms with E-state index in [4.69, 9.17) is 4.74 Å². The lowest BCUT2D eigenvalue weighted by molar-refractivity contribution is -0.0240. The highest BCUT2D eigenvalue weighted by molar-refractivity contribution is 7.11. The summed E-state index contributed by atoms with van der Waals surface area (Å²) in [6.45, 7) is 3.96. The summed E-state index contributed by atoms with van der Waals surface area (Å²) in [6.07, 6.45) is 7.73. The van der Waals surface area contributed by atoms with Crippen LogP contribution in [0.3, 0.4) is 0 Å². The molecular formula is C14H23N3OS. The summed E-state index contributed by atoms with van der Waals surface area (Å²) in [5.41, 5.74) is 0. The minimum absolute atomic E-state index is 0.505. The molecule has 4 nitrogen and oxygen atoms in total. The lowest BCUT2D eigenvalue weighted by atomic mass is 9.80. The fourth-order valence-corrected chi connectivity index (χ4v) is 3.56. The maximum absolute atomic E-state index is 5.59. The average Bonchev–Trinajstić information content (AvgIpc) is 3.06. The van der Waals surface area contributed by atoms with Crippen LogP contribution in [-0.2, 0) is 17.6 Å². The van der Waals surface area contributed by atoms with E-state index in [0.717, 1.165) is 38.0 Å². The molecular weight excluding hydrogens is 258 g/mol. The van der Waals surface area contributed by atoms with Gasteiger partial charge < -0.3 is 10.1 Å². The molecule has 1 aromatic rings. The molecule has 0 amide bonds. The van der Waals surface area contributed by atoms with Gasteiger partial charge >= 0.3 is 0 Å². The maximum Gasteiger partial charge on any atom is 0.118 e. The Kier molecular flexibility index (Phi) is 4.45. The fraction of sp³-hybridized carbons (Fsp3) is 0.857. The highest BCUT2D eigenvalue weighted by atomic mass is 32.1. The minimum Gasteiger partial charge on any atom is -0.378 e. The maximum atomic E-state index is 5.59. The van der Waals surface area contributed by atoms with Crippen LogP contribution in [0.15, 0.2) is 0 Å². The number of nitrogens with zero attached hydrogens (tertiary/aromatic N) is 2. The largest absolute Gasteiger partial charge is 0.378 e. The van der Waals surface area contributed by atoms with E-state index in [-0.39, 0.29) is 0 Å². The molecule has 2 aliphatic rings. The molecule has 2 aliphatic carbocycles. The van der Waals surface area contributed by atoms with Crippen LogP contribution in [-0.4, -0.2) is 35.5 Å². The second kappa shape index (κ2) is 6.29. The number of aromatic nitrogens is 2. The lowest BCUT2D eigenvalue weighted by Gasteiger charge is -2.34. The van der Waals surface area contributed by atoms with E-state index < -0.39 is 0 Å². The van der Waals surface area contributed by atoms with Crippen LogP contribution in [0.4, 0.5) is 0 Å². The first kappa shape index (κ1) is 13.5. The van der Waals surface area contributed by atoms with Gasteiger partial charge in [-0.25, -0.2) is 0 Å². The number of ether oxygens (including phenoxy) is 1. The molecule has 0 atom stereocenters. The molecule has 0 saturated heterocycles. The van der Waals surface area contributed by atoms with Gasteiger partial charge in [-0.2, -0.15) is 0 Å². The summed E-state index contributed by atoms with van der Waals surface area (Å²) in [4.78, 5) is 0. The van der Waals surface area contributed by atoms with Crippen LogP contribution in [0.5, 0.6) is 0 Å². The predicted octanol–water partition coefficient (Wildman–Crippen LogP) is 2.19. The smallest absolute Gasteiger partial charge is 0.118 e. The fourth-order valence-electron chi connectivity index (χ4n) is 2.60. The van der Waals surface area contributed by atoms with E-state index in [2.05, 4.69) is 22.4 Å². The van der Waals surface area contributed by atoms with Gasteiger partial charge in [0.15, 0.2) is 0 Å². The van der Waals surface area contributed by atoms with Crippen molar-refractivity contribution in [2.24, 2.45) is 5.92 Å². The van der Waals surface area contributed by atoms with E-state index in [1.807, 2.05) is 0 Å². The Balaban J connectivity index is 1.36. The molecule has 19 heavy (non-hydrogen) atoms. The summed E-state index contributed by atoms with van der Waals surface area (Å²) in [5.74, 6) is 0.766. The van der Waals surface area contributed by atoms with Gasteiger partial charge in [-0.3, -0.25) is 0 Å². The molecule has 1 N–H and O–H groups in total. The molecule has 0 aliphatic heterocycles. The Morgan fingerprint density at radius 1 is 1.26 bits per heavy atom. The van der Waals surface area contributed by atoms with Crippen LogP contribution >= 0.6 is 11.3 Å². The third-order valence-electron chi connectivity index (χ3n) is 3.92. The molecule has 5 heteroatoms. The average molecular weight is 281 g/mol. The first-order chi connectivity index (χ1) is 9.33. The molecule has 0 unspecified atom stereocenters. The quantitative estimate of drug-likeness (QED) is 0.793. The normalized spacial score (nSPS) is 26.4. The Hall–Kier alpha value is -0.520. The predicted molar refractivity (Wildman–Crippen MR) is 76.5 cm³/mol. The van der Waals surface area contributed by atoms with E-state index in [1.54, 1.807) is 11.3 Å². The van der Waals surface area contributed by atoms with E-state index in [1.165, 1.54) is 35.7 Å². The highest BCUT2D eigenvalue weighted by Crippen LogP contribution is 2.33. The zero-order valence-corrected chi connectivity index (χ0v) is 12.4. The van der Waals surface area contributed by atoms with Gasteiger partial charge in [-0.1, -0.05) is 0 Å². The molecule has 106 valence electrons. The van der Waals surface area contributed by atoms with E-state index in [0.29, 0.717) is 6.10 Å². The lowest BCUT2D eigenvalue weighted by Crippen LogP contribution is -2.32. The number of rotatable bonds is 8. The first-order valence-electron chi connectivity index (χ1n) is 7.49. The van der Waals surface area contributed by atoms with Crippen molar-refractivity contribution in [2.45, 2.75) is 57.6 Å². The first-order valence-corrected chi connectivity index (χ1v) is 8.31. The van der Waals surface area contributed by atoms with Crippen molar-refractivity contribution in [1.82, 2.24) is 15.5 Å². The van der Waals surface area contributed by atoms with Crippen LogP contribution in [0, 0.1) is 5.92 Å². The van der Waals surface area contributed by atoms with Gasteiger partial charge in [0.25, 0.3) is 0 Å². The van der Waals surface area contributed by atoms with Crippen molar-refractivity contribution >= 4 is 11.3 Å². The van der Waals surface area contributed by atoms with Crippen molar-refractivity contribution in [3.8, 4) is 0 Å². The van der Waals surface area contributed by atoms with Gasteiger partial charge in [0, 0.05) is 32.0 Å². The number of hydrogen-bond donors (Lipinski definition) is 1. The van der Waals surface area contributed by atoms with Gasteiger partial charge in [0.05, 0.1) is 6.10 Å². The van der Waals surface area contributed by atoms with Crippen molar-refractivity contribution < 1.29 is 4.74 Å². The Bertz CT molecular complexity index is 399. The van der Waals surface area contributed by atoms with E-state index >= 15 is 0 Å². The molecule has 1 aromatic heterocycles. The summed E-state index contributed by atoms with van der Waals surface area (Å²) in [6, 6.07) is 0.790. The highest BCUT2D eigenvalue weighted by Gasteiger charge is 2.30. The number of nitrogens with one attached hydrogen (secondary N) is 1. The topological polar surface area (TPSA) is 47.0 Å². The number of hydrogen-bond acceptors (Lipinski definition) is 5. The zero-order chi connectivity index (χ0) is 13.1. The van der Waals surface area contributed by atoms with Gasteiger partial charge in [-0.05, 0) is 38.5 Å².